The number of carbonyl (C=O) groups is 1. The molecule has 1 saturated carbocycles. The van der Waals surface area contributed by atoms with E-state index >= 15 is 0 Å². The van der Waals surface area contributed by atoms with Gasteiger partial charge >= 0.3 is 0 Å². The van der Waals surface area contributed by atoms with Crippen LogP contribution in [0.5, 0.6) is 23.0 Å². The minimum Gasteiger partial charge on any atom is -0.508 e. The molecule has 41 heavy (non-hydrogen) atoms. The number of hydrogen-bond donors (Lipinski definition) is 9. The Kier molecular flexibility index (Phi) is 9.72. The van der Waals surface area contributed by atoms with Crippen LogP contribution in [0.3, 0.4) is 0 Å². The molecule has 2 fully saturated rings. The second-order valence-electron chi connectivity index (χ2n) is 10.5. The van der Waals surface area contributed by atoms with Crippen LogP contribution in [-0.2, 0) is 15.9 Å². The van der Waals surface area contributed by atoms with Crippen molar-refractivity contribution in [3.8, 4) is 23.0 Å². The monoisotopic (exact) mass is 580 g/mol. The van der Waals surface area contributed by atoms with Crippen molar-refractivity contribution >= 4 is 5.78 Å². The van der Waals surface area contributed by atoms with Crippen LogP contribution in [0.4, 0.5) is 0 Å². The smallest absolute Gasteiger partial charge is 0.187 e. The Morgan fingerprint density at radius 3 is 2.15 bits per heavy atom. The molecule has 13 nitrogen and oxygen atoms in total. The lowest BCUT2D eigenvalue weighted by molar-refractivity contribution is -0.325. The number of rotatable bonds is 9. The summed E-state index contributed by atoms with van der Waals surface area (Å²) in [6.07, 6.45) is -12.6. The van der Waals surface area contributed by atoms with Gasteiger partial charge in [0.05, 0.1) is 12.2 Å². The summed E-state index contributed by atoms with van der Waals surface area (Å²) < 4.78 is 17.1. The lowest BCUT2D eigenvalue weighted by Gasteiger charge is -2.45. The molecule has 0 radical (unpaired) electrons. The summed E-state index contributed by atoms with van der Waals surface area (Å²) in [6.45, 7) is 0.928. The number of Topliss-reactive ketones (excluding diaryl/α,β-unsaturated/α-hetero) is 1. The van der Waals surface area contributed by atoms with E-state index in [1.165, 1.54) is 19.1 Å². The summed E-state index contributed by atoms with van der Waals surface area (Å²) in [5, 5.41) is 92.0. The Hall–Kier alpha value is -3.01. The van der Waals surface area contributed by atoms with Gasteiger partial charge in [0, 0.05) is 31.1 Å². The molecule has 1 unspecified atom stereocenters. The molecule has 226 valence electrons. The van der Waals surface area contributed by atoms with Gasteiger partial charge in [0.25, 0.3) is 0 Å². The minimum absolute atomic E-state index is 0.0460. The molecule has 0 spiro atoms. The number of carbonyl (C=O) groups excluding carboxylic acids is 1. The molecule has 2 aromatic carbocycles. The largest absolute Gasteiger partial charge is 0.508 e. The van der Waals surface area contributed by atoms with Crippen molar-refractivity contribution in [1.29, 1.82) is 0 Å². The number of phenolic OH excluding ortho intramolecular Hbond substituents is 3. The molecular weight excluding hydrogens is 544 g/mol. The predicted octanol–water partition coefficient (Wildman–Crippen LogP) is -0.687. The fourth-order valence-electron chi connectivity index (χ4n) is 5.17. The van der Waals surface area contributed by atoms with Crippen molar-refractivity contribution in [2.45, 2.75) is 81.3 Å². The topological polar surface area (TPSA) is 227 Å². The van der Waals surface area contributed by atoms with Crippen LogP contribution in [0.15, 0.2) is 36.4 Å². The first-order chi connectivity index (χ1) is 19.4. The highest BCUT2D eigenvalue weighted by Gasteiger charge is 2.50. The van der Waals surface area contributed by atoms with Crippen molar-refractivity contribution in [2.24, 2.45) is 5.92 Å². The highest BCUT2D eigenvalue weighted by atomic mass is 16.7. The fraction of sp³-hybridized carbons (Fsp3) is 0.536. The molecule has 2 aromatic rings. The third-order valence-corrected chi connectivity index (χ3v) is 7.62. The fourth-order valence-corrected chi connectivity index (χ4v) is 5.17. The van der Waals surface area contributed by atoms with Crippen molar-refractivity contribution in [3.05, 3.63) is 47.5 Å². The van der Waals surface area contributed by atoms with E-state index in [1.807, 2.05) is 0 Å². The third kappa shape index (κ3) is 6.74. The average molecular weight is 581 g/mol. The molecule has 1 heterocycles. The lowest BCUT2D eigenvalue weighted by Crippen LogP contribution is -2.62. The summed E-state index contributed by atoms with van der Waals surface area (Å²) in [5.41, 5.74) is 0.442. The van der Waals surface area contributed by atoms with Crippen LogP contribution in [0.25, 0.3) is 0 Å². The maximum atomic E-state index is 12.8. The van der Waals surface area contributed by atoms with E-state index < -0.39 is 84.9 Å². The second kappa shape index (κ2) is 12.9. The SMILES string of the molecule is C[C@@H]1O[C@@H](O[C@H]2[C@H](O)[C@@H](O)C(CO)C[C@@H]2Oc2cc(O)c(C(=O)CCc3ccc(O)cc3)c(O)c2)[C@H](O)[C@H](O)[C@H]1O. The van der Waals surface area contributed by atoms with Gasteiger partial charge in [-0.05, 0) is 37.5 Å². The predicted molar refractivity (Wildman–Crippen MR) is 139 cm³/mol. The van der Waals surface area contributed by atoms with E-state index in [2.05, 4.69) is 0 Å². The average Bonchev–Trinajstić information content (AvgIpc) is 2.93. The molecule has 1 aliphatic heterocycles. The van der Waals surface area contributed by atoms with E-state index in [4.69, 9.17) is 14.2 Å². The Balaban J connectivity index is 1.52. The molecule has 1 aliphatic carbocycles. The normalized spacial score (nSPS) is 33.8. The van der Waals surface area contributed by atoms with Gasteiger partial charge in [0.2, 0.25) is 0 Å². The number of aliphatic hydroxyl groups is 6. The van der Waals surface area contributed by atoms with Crippen LogP contribution >= 0.6 is 0 Å². The maximum absolute atomic E-state index is 12.8. The number of ketones is 1. The highest BCUT2D eigenvalue weighted by Crippen LogP contribution is 2.38. The Morgan fingerprint density at radius 1 is 0.902 bits per heavy atom. The Labute approximate surface area is 235 Å². The molecule has 0 bridgehead atoms. The van der Waals surface area contributed by atoms with Gasteiger partial charge < -0.3 is 60.2 Å². The lowest BCUT2D eigenvalue weighted by atomic mass is 9.81. The molecule has 4 rings (SSSR count). The molecule has 13 heteroatoms. The number of phenols is 3. The van der Waals surface area contributed by atoms with Gasteiger partial charge in [0.15, 0.2) is 12.1 Å². The summed E-state index contributed by atoms with van der Waals surface area (Å²) >= 11 is 0. The van der Waals surface area contributed by atoms with Crippen LogP contribution in [0.1, 0.15) is 35.7 Å². The quantitative estimate of drug-likeness (QED) is 0.168. The molecule has 10 atom stereocenters. The minimum atomic E-state index is -1.71. The van der Waals surface area contributed by atoms with Gasteiger partial charge in [0.1, 0.15) is 65.2 Å². The van der Waals surface area contributed by atoms with Crippen molar-refractivity contribution in [2.75, 3.05) is 6.61 Å². The first-order valence-corrected chi connectivity index (χ1v) is 13.3. The molecule has 0 aromatic heterocycles. The Bertz CT molecular complexity index is 1170. The summed E-state index contributed by atoms with van der Waals surface area (Å²) in [5.74, 6) is -2.57. The van der Waals surface area contributed by atoms with Crippen molar-refractivity contribution in [3.63, 3.8) is 0 Å². The third-order valence-electron chi connectivity index (χ3n) is 7.62. The molecule has 2 aliphatic rings. The number of aliphatic hydroxyl groups excluding tert-OH is 6. The van der Waals surface area contributed by atoms with E-state index in [1.54, 1.807) is 12.1 Å². The number of ether oxygens (including phenoxy) is 3. The zero-order valence-corrected chi connectivity index (χ0v) is 22.2. The summed E-state index contributed by atoms with van der Waals surface area (Å²) in [4.78, 5) is 12.8. The number of hydrogen-bond acceptors (Lipinski definition) is 13. The van der Waals surface area contributed by atoms with E-state index in [0.29, 0.717) is 6.42 Å². The second-order valence-corrected chi connectivity index (χ2v) is 10.5. The van der Waals surface area contributed by atoms with Gasteiger partial charge in [-0.25, -0.2) is 0 Å². The van der Waals surface area contributed by atoms with Gasteiger partial charge in [-0.1, -0.05) is 12.1 Å². The zero-order valence-electron chi connectivity index (χ0n) is 22.2. The van der Waals surface area contributed by atoms with Crippen molar-refractivity contribution < 1.29 is 65.0 Å². The first kappa shape index (κ1) is 30.9. The maximum Gasteiger partial charge on any atom is 0.187 e. The standard InChI is InChI=1S/C28H36O13/c1-12-22(34)24(36)26(38)28(39-12)41-27-20(8-14(11-29)23(35)25(27)37)40-16-9-18(32)21(19(33)10-16)17(31)7-4-13-2-5-15(30)6-3-13/h2-3,5-6,9-10,12,14,20,22-30,32-38H,4,7-8,11H2,1H3/t12-,14?,20-,22-,23-,24+,25+,26+,27+,28-/m0/s1. The molecule has 9 N–H and O–H groups in total. The zero-order chi connectivity index (χ0) is 30.0. The molecular formula is C28H36O13. The summed E-state index contributed by atoms with van der Waals surface area (Å²) in [6, 6.07) is 8.43. The highest BCUT2D eigenvalue weighted by molar-refractivity contribution is 6.01. The summed E-state index contributed by atoms with van der Waals surface area (Å²) in [7, 11) is 0. The van der Waals surface area contributed by atoms with Gasteiger partial charge in [-0.2, -0.15) is 0 Å². The molecule has 0 amide bonds. The van der Waals surface area contributed by atoms with Crippen LogP contribution < -0.4 is 4.74 Å². The van der Waals surface area contributed by atoms with E-state index in [9.17, 15) is 50.8 Å². The van der Waals surface area contributed by atoms with E-state index in [0.717, 1.165) is 17.7 Å². The van der Waals surface area contributed by atoms with Gasteiger partial charge in [-0.3, -0.25) is 4.79 Å². The first-order valence-electron chi connectivity index (χ1n) is 13.3. The van der Waals surface area contributed by atoms with Gasteiger partial charge in [-0.15, -0.1) is 0 Å². The van der Waals surface area contributed by atoms with Crippen LogP contribution in [0, 0.1) is 5.92 Å². The van der Waals surface area contributed by atoms with Crippen LogP contribution in [-0.4, -0.2) is 113 Å². The number of aryl methyl sites for hydroxylation is 1. The number of benzene rings is 2. The number of aromatic hydroxyl groups is 3. The van der Waals surface area contributed by atoms with Crippen molar-refractivity contribution in [1.82, 2.24) is 0 Å². The Morgan fingerprint density at radius 2 is 1.54 bits per heavy atom. The molecule has 1 saturated heterocycles. The van der Waals surface area contributed by atoms with E-state index in [-0.39, 0.29) is 29.9 Å². The van der Waals surface area contributed by atoms with Crippen LogP contribution in [0.2, 0.25) is 0 Å².